The first kappa shape index (κ1) is 43.9. The topological polar surface area (TPSA) is 161 Å². The first-order valence-corrected chi connectivity index (χ1v) is 22.7. The Balaban J connectivity index is 1.32. The maximum atomic E-state index is 14.5. The molecule has 10 nitrogen and oxygen atoms in total. The van der Waals surface area contributed by atoms with E-state index in [4.69, 9.17) is 16.0 Å². The fourth-order valence-corrected chi connectivity index (χ4v) is 14.0. The van der Waals surface area contributed by atoms with E-state index in [1.54, 1.807) is 30.5 Å². The van der Waals surface area contributed by atoms with E-state index in [1.165, 1.54) is 18.2 Å². The smallest absolute Gasteiger partial charge is 0.488 e. The van der Waals surface area contributed by atoms with Crippen LogP contribution < -0.4 is 20.7 Å². The minimum absolute atomic E-state index is 0.0269. The molecule has 1 fully saturated rings. The summed E-state index contributed by atoms with van der Waals surface area (Å²) in [4.78, 5) is 34.6. The molecule has 7 rings (SSSR count). The van der Waals surface area contributed by atoms with Crippen LogP contribution in [0, 0.1) is 17.8 Å². The summed E-state index contributed by atoms with van der Waals surface area (Å²) in [6.07, 6.45) is 2.93. The zero-order valence-electron chi connectivity index (χ0n) is 34.4. The summed E-state index contributed by atoms with van der Waals surface area (Å²) >= 11 is 6.54. The number of hydrogen-bond donors (Lipinski definition) is 5. The molecule has 61 heavy (non-hydrogen) atoms. The van der Waals surface area contributed by atoms with Gasteiger partial charge >= 0.3 is 7.12 Å². The van der Waals surface area contributed by atoms with Gasteiger partial charge in [0.25, 0.3) is 8.32 Å². The van der Waals surface area contributed by atoms with Crippen LogP contribution >= 0.6 is 11.6 Å². The lowest BCUT2D eigenvalue weighted by molar-refractivity contribution is -0.123. The van der Waals surface area contributed by atoms with Gasteiger partial charge in [0.15, 0.2) is 0 Å². The minimum Gasteiger partial charge on any atom is -0.508 e. The van der Waals surface area contributed by atoms with Gasteiger partial charge in [-0.2, -0.15) is 0 Å². The standard InChI is InChI=1S/C48H50BClN2O8Si/c1-48(2,3)61(37-15-6-4-7-16-37,38-17-8-5-9-18-38)60-30-33-26-39-45(47(57)52(46(39)56)35-14-12-13-34(27-35)49(58)59)40(29-53)44(33)43(55)23-21-32(42-19-10-11-24-51-42)25-31-20-22-36(54)28-41(31)50/h4-20,22,24-25,27-28,39-40,43,45,53-55,58-59H,21,23,26,29-30H2,1-3H3/b32-25-/t39-,40+,43-,45-/m1/s1. The predicted octanol–water partition coefficient (Wildman–Crippen LogP) is 5.49. The summed E-state index contributed by atoms with van der Waals surface area (Å²) in [7, 11) is -4.96. The van der Waals surface area contributed by atoms with Crippen LogP contribution in [0.3, 0.4) is 0 Å². The van der Waals surface area contributed by atoms with Crippen LogP contribution in [0.15, 0.2) is 139 Å². The predicted molar refractivity (Wildman–Crippen MR) is 242 cm³/mol. The summed E-state index contributed by atoms with van der Waals surface area (Å²) in [6.45, 7) is 6.00. The van der Waals surface area contributed by atoms with E-state index in [0.717, 1.165) is 20.8 Å². The molecule has 2 amide bonds. The van der Waals surface area contributed by atoms with Gasteiger partial charge < -0.3 is 29.8 Å². The average Bonchev–Trinajstić information content (AvgIpc) is 3.51. The largest absolute Gasteiger partial charge is 0.508 e. The lowest BCUT2D eigenvalue weighted by Crippen LogP contribution is -2.66. The summed E-state index contributed by atoms with van der Waals surface area (Å²) in [6, 6.07) is 36.5. The van der Waals surface area contributed by atoms with Crippen LogP contribution in [0.25, 0.3) is 11.6 Å². The zero-order chi connectivity index (χ0) is 43.5. The molecule has 0 spiro atoms. The number of halogens is 1. The van der Waals surface area contributed by atoms with Crippen LogP contribution in [0.4, 0.5) is 5.69 Å². The Morgan fingerprint density at radius 3 is 2.18 bits per heavy atom. The van der Waals surface area contributed by atoms with E-state index < -0.39 is 62.8 Å². The average molecular weight is 857 g/mol. The van der Waals surface area contributed by atoms with Crippen molar-refractivity contribution in [2.45, 2.75) is 51.2 Å². The lowest BCUT2D eigenvalue weighted by Gasteiger charge is -2.44. The number of hydrogen-bond acceptors (Lipinski definition) is 9. The number of anilines is 1. The molecule has 5 N–H and O–H groups in total. The van der Waals surface area contributed by atoms with Gasteiger partial charge in [-0.15, -0.1) is 0 Å². The number of aliphatic hydroxyl groups excluding tert-OH is 2. The Labute approximate surface area is 362 Å². The molecule has 1 saturated heterocycles. The normalized spacial score (nSPS) is 19.0. The zero-order valence-corrected chi connectivity index (χ0v) is 36.1. The van der Waals surface area contributed by atoms with E-state index in [0.29, 0.717) is 33.8 Å². The van der Waals surface area contributed by atoms with Crippen molar-refractivity contribution in [3.63, 3.8) is 0 Å². The first-order chi connectivity index (χ1) is 29.2. The molecule has 0 radical (unpaired) electrons. The van der Waals surface area contributed by atoms with Gasteiger partial charge in [-0.1, -0.05) is 111 Å². The van der Waals surface area contributed by atoms with Gasteiger partial charge in [0.1, 0.15) is 5.75 Å². The van der Waals surface area contributed by atoms with Gasteiger partial charge in [0.05, 0.1) is 47.6 Å². The van der Waals surface area contributed by atoms with Gasteiger partial charge in [-0.05, 0) is 111 Å². The molecule has 2 aliphatic rings. The number of carbonyl (C=O) groups is 2. The van der Waals surface area contributed by atoms with E-state index in [2.05, 4.69) is 50.0 Å². The number of pyridine rings is 1. The first-order valence-electron chi connectivity index (χ1n) is 20.4. The molecule has 2 heterocycles. The second-order valence-electron chi connectivity index (χ2n) is 16.8. The van der Waals surface area contributed by atoms with Crippen LogP contribution in [0.5, 0.6) is 5.75 Å². The summed E-state index contributed by atoms with van der Waals surface area (Å²) in [5.41, 5.74) is 3.49. The van der Waals surface area contributed by atoms with Crippen molar-refractivity contribution >= 4 is 72.0 Å². The van der Waals surface area contributed by atoms with E-state index >= 15 is 0 Å². The van der Waals surface area contributed by atoms with Crippen LogP contribution in [-0.4, -0.2) is 76.9 Å². The van der Waals surface area contributed by atoms with Gasteiger partial charge in [-0.25, -0.2) is 0 Å². The molecule has 4 aromatic carbocycles. The van der Waals surface area contributed by atoms with E-state index in [1.807, 2.05) is 60.7 Å². The fraction of sp³-hybridized carbons (Fsp3) is 0.271. The molecular weight excluding hydrogens is 807 g/mol. The van der Waals surface area contributed by atoms with Crippen molar-refractivity contribution in [3.8, 4) is 5.75 Å². The molecule has 4 atom stereocenters. The SMILES string of the molecule is CC(C)(C)[Si](OCC1=C([C@H](O)CC/C(=C/c2ccc(O)cc2Cl)c2ccccn2)[C@H](CO)[C@@H]2C(=O)N(c3cccc(B(O)O)c3)C(=O)[C@@H]2C1)(c1ccccc1)c1ccccc1. The van der Waals surface area contributed by atoms with Gasteiger partial charge in [0.2, 0.25) is 11.8 Å². The summed E-state index contributed by atoms with van der Waals surface area (Å²) < 4.78 is 7.41. The molecule has 0 saturated carbocycles. The maximum Gasteiger partial charge on any atom is 0.488 e. The molecule has 1 aliphatic heterocycles. The Bertz CT molecular complexity index is 2390. The third kappa shape index (κ3) is 8.80. The van der Waals surface area contributed by atoms with Crippen molar-refractivity contribution < 1.29 is 39.4 Å². The van der Waals surface area contributed by atoms with Crippen molar-refractivity contribution in [1.29, 1.82) is 0 Å². The second kappa shape index (κ2) is 18.4. The highest BCUT2D eigenvalue weighted by molar-refractivity contribution is 6.99. The molecule has 13 heteroatoms. The third-order valence-corrected chi connectivity index (χ3v) is 17.4. The number of benzene rings is 4. The summed E-state index contributed by atoms with van der Waals surface area (Å²) in [5, 5.41) is 55.7. The minimum atomic E-state index is -3.15. The lowest BCUT2D eigenvalue weighted by atomic mass is 9.68. The van der Waals surface area contributed by atoms with Crippen molar-refractivity contribution in [2.24, 2.45) is 17.8 Å². The Kier molecular flexibility index (Phi) is 13.3. The molecule has 0 unspecified atom stereocenters. The number of rotatable bonds is 14. The number of phenols is 1. The number of imide groups is 1. The third-order valence-electron chi connectivity index (χ3n) is 12.0. The molecule has 1 aliphatic carbocycles. The van der Waals surface area contributed by atoms with Crippen LogP contribution in [0.1, 0.15) is 51.3 Å². The number of phenolic OH excluding ortho intramolecular Hbond substituents is 1. The highest BCUT2D eigenvalue weighted by Gasteiger charge is 2.56. The number of fused-ring (bicyclic) bond motifs is 1. The number of aromatic nitrogens is 1. The van der Waals surface area contributed by atoms with E-state index in [-0.39, 0.29) is 36.3 Å². The highest BCUT2D eigenvalue weighted by atomic mass is 35.5. The van der Waals surface area contributed by atoms with E-state index in [9.17, 15) is 35.0 Å². The molecule has 1 aromatic heterocycles. The Morgan fingerprint density at radius 1 is 0.918 bits per heavy atom. The van der Waals surface area contributed by atoms with Crippen molar-refractivity contribution in [2.75, 3.05) is 18.1 Å². The number of aliphatic hydroxyl groups is 2. The molecule has 0 bridgehead atoms. The molecule has 314 valence electrons. The summed E-state index contributed by atoms with van der Waals surface area (Å²) in [5.74, 6) is -3.79. The number of amides is 2. The number of carbonyl (C=O) groups excluding carboxylic acids is 2. The van der Waals surface area contributed by atoms with Crippen LogP contribution in [0.2, 0.25) is 10.1 Å². The molecular formula is C48H50BClN2O8Si. The van der Waals surface area contributed by atoms with Crippen LogP contribution in [-0.2, 0) is 14.0 Å². The Hall–Kier alpha value is -5.18. The number of allylic oxidation sites excluding steroid dienone is 1. The van der Waals surface area contributed by atoms with Crippen molar-refractivity contribution in [3.05, 3.63) is 155 Å². The van der Waals surface area contributed by atoms with Gasteiger partial charge in [0, 0.05) is 12.1 Å². The second-order valence-corrected chi connectivity index (χ2v) is 21.5. The van der Waals surface area contributed by atoms with Gasteiger partial charge in [-0.3, -0.25) is 19.5 Å². The number of nitrogens with zero attached hydrogens (tertiary/aromatic N) is 2. The van der Waals surface area contributed by atoms with Crippen molar-refractivity contribution in [1.82, 2.24) is 4.98 Å². The maximum absolute atomic E-state index is 14.5. The number of aromatic hydroxyl groups is 1. The highest BCUT2D eigenvalue weighted by Crippen LogP contribution is 2.48. The fourth-order valence-electron chi connectivity index (χ4n) is 9.22. The quantitative estimate of drug-likeness (QED) is 0.0553. The monoisotopic (exact) mass is 856 g/mol. The Morgan fingerprint density at radius 2 is 1.59 bits per heavy atom. The molecule has 5 aromatic rings.